The summed E-state index contributed by atoms with van der Waals surface area (Å²) in [4.78, 5) is 4.53. The molecule has 2 aromatic carbocycles. The van der Waals surface area contributed by atoms with Crippen LogP contribution in [0, 0.1) is 5.82 Å². The normalized spacial score (nSPS) is 15.7. The lowest BCUT2D eigenvalue weighted by atomic mass is 9.96. The van der Waals surface area contributed by atoms with Crippen LogP contribution in [0.15, 0.2) is 53.5 Å². The predicted molar refractivity (Wildman–Crippen MR) is 98.2 cm³/mol. The van der Waals surface area contributed by atoms with Crippen molar-refractivity contribution >= 4 is 5.96 Å². The number of halogens is 1. The molecule has 1 saturated carbocycles. The molecule has 2 aromatic rings. The third-order valence-electron chi connectivity index (χ3n) is 4.61. The number of nitrogens with one attached hydrogen (secondary N) is 2. The first-order valence-corrected chi connectivity index (χ1v) is 8.68. The zero-order valence-corrected chi connectivity index (χ0v) is 14.4. The van der Waals surface area contributed by atoms with Gasteiger partial charge in [0.25, 0.3) is 0 Å². The van der Waals surface area contributed by atoms with E-state index in [1.54, 1.807) is 6.07 Å². The molecule has 1 aliphatic rings. The molecule has 25 heavy (non-hydrogen) atoms. The van der Waals surface area contributed by atoms with E-state index in [1.165, 1.54) is 30.5 Å². The van der Waals surface area contributed by atoms with Gasteiger partial charge in [-0.1, -0.05) is 36.4 Å². The first-order valence-electron chi connectivity index (χ1n) is 8.68. The van der Waals surface area contributed by atoms with Gasteiger partial charge < -0.3 is 15.7 Å². The number of hydrogen-bond donors (Lipinski definition) is 3. The summed E-state index contributed by atoms with van der Waals surface area (Å²) in [5.41, 5.74) is 2.28. The number of benzene rings is 2. The highest BCUT2D eigenvalue weighted by Crippen LogP contribution is 2.47. The Morgan fingerprint density at radius 1 is 1.16 bits per heavy atom. The number of phenols is 1. The molecule has 0 saturated heterocycles. The van der Waals surface area contributed by atoms with E-state index in [9.17, 15) is 9.50 Å². The standard InChI is InChI=1S/C20H24FN3O/c1-2-22-19(23-13-15-8-9-18(25)17(21)12-15)24-14-20(10-11-20)16-6-4-3-5-7-16/h3-9,12,25H,2,10-11,13-14H2,1H3,(H2,22,23,24). The Hall–Kier alpha value is -2.56. The number of rotatable bonds is 6. The van der Waals surface area contributed by atoms with Crippen molar-refractivity contribution in [3.05, 3.63) is 65.5 Å². The number of aromatic hydroxyl groups is 1. The summed E-state index contributed by atoms with van der Waals surface area (Å²) in [6, 6.07) is 14.9. The van der Waals surface area contributed by atoms with Crippen molar-refractivity contribution in [3.63, 3.8) is 0 Å². The van der Waals surface area contributed by atoms with Gasteiger partial charge >= 0.3 is 0 Å². The minimum Gasteiger partial charge on any atom is -0.505 e. The van der Waals surface area contributed by atoms with Crippen molar-refractivity contribution in [3.8, 4) is 5.75 Å². The highest BCUT2D eigenvalue weighted by Gasteiger charge is 2.43. The lowest BCUT2D eigenvalue weighted by Crippen LogP contribution is -2.41. The van der Waals surface area contributed by atoms with Gasteiger partial charge in [0, 0.05) is 18.5 Å². The van der Waals surface area contributed by atoms with E-state index in [0.29, 0.717) is 6.54 Å². The number of phenolic OH excluding ortho intramolecular Hbond substituents is 1. The van der Waals surface area contributed by atoms with Gasteiger partial charge in [-0.25, -0.2) is 9.38 Å². The molecule has 0 aromatic heterocycles. The fraction of sp³-hybridized carbons (Fsp3) is 0.350. The van der Waals surface area contributed by atoms with Gasteiger partial charge in [0.1, 0.15) is 0 Å². The third kappa shape index (κ3) is 4.29. The Kier molecular flexibility index (Phi) is 5.22. The van der Waals surface area contributed by atoms with Crippen molar-refractivity contribution in [1.29, 1.82) is 0 Å². The van der Waals surface area contributed by atoms with Crippen molar-refractivity contribution in [1.82, 2.24) is 10.6 Å². The molecule has 1 aliphatic carbocycles. The van der Waals surface area contributed by atoms with Crippen molar-refractivity contribution in [2.75, 3.05) is 13.1 Å². The van der Waals surface area contributed by atoms with Gasteiger partial charge in [-0.3, -0.25) is 0 Å². The molecule has 0 bridgehead atoms. The molecule has 0 heterocycles. The maximum atomic E-state index is 13.4. The van der Waals surface area contributed by atoms with Gasteiger partial charge in [0.05, 0.1) is 6.54 Å². The van der Waals surface area contributed by atoms with Gasteiger partial charge in [-0.2, -0.15) is 0 Å². The van der Waals surface area contributed by atoms with E-state index >= 15 is 0 Å². The largest absolute Gasteiger partial charge is 0.505 e. The molecule has 0 aliphatic heterocycles. The molecule has 0 unspecified atom stereocenters. The van der Waals surface area contributed by atoms with E-state index in [1.807, 2.05) is 13.0 Å². The van der Waals surface area contributed by atoms with E-state index in [0.717, 1.165) is 24.6 Å². The maximum Gasteiger partial charge on any atom is 0.191 e. The van der Waals surface area contributed by atoms with Crippen LogP contribution in [0.25, 0.3) is 0 Å². The smallest absolute Gasteiger partial charge is 0.191 e. The highest BCUT2D eigenvalue weighted by atomic mass is 19.1. The second kappa shape index (κ2) is 7.55. The summed E-state index contributed by atoms with van der Waals surface area (Å²) in [5, 5.41) is 15.9. The van der Waals surface area contributed by atoms with Crippen LogP contribution in [0.1, 0.15) is 30.9 Å². The topological polar surface area (TPSA) is 56.7 Å². The molecular weight excluding hydrogens is 317 g/mol. The van der Waals surface area contributed by atoms with Crippen LogP contribution < -0.4 is 10.6 Å². The first kappa shape index (κ1) is 17.3. The van der Waals surface area contributed by atoms with Crippen molar-refractivity contribution in [2.24, 2.45) is 4.99 Å². The van der Waals surface area contributed by atoms with Gasteiger partial charge in [-0.05, 0) is 43.0 Å². The fourth-order valence-corrected chi connectivity index (χ4v) is 2.92. The maximum absolute atomic E-state index is 13.4. The summed E-state index contributed by atoms with van der Waals surface area (Å²) in [7, 11) is 0. The third-order valence-corrected chi connectivity index (χ3v) is 4.61. The predicted octanol–water partition coefficient (Wildman–Crippen LogP) is 3.32. The van der Waals surface area contributed by atoms with E-state index in [4.69, 9.17) is 0 Å². The summed E-state index contributed by atoms with van der Waals surface area (Å²) in [6.07, 6.45) is 2.35. The molecule has 4 nitrogen and oxygen atoms in total. The molecule has 132 valence electrons. The van der Waals surface area contributed by atoms with Crippen molar-refractivity contribution in [2.45, 2.75) is 31.7 Å². The van der Waals surface area contributed by atoms with Crippen LogP contribution in [0.5, 0.6) is 5.75 Å². The summed E-state index contributed by atoms with van der Waals surface area (Å²) < 4.78 is 13.4. The van der Waals surface area contributed by atoms with Crippen LogP contribution in [0.3, 0.4) is 0 Å². The summed E-state index contributed by atoms with van der Waals surface area (Å²) in [5.74, 6) is -0.235. The first-order chi connectivity index (χ1) is 12.1. The Labute approximate surface area is 147 Å². The number of nitrogens with zero attached hydrogens (tertiary/aromatic N) is 1. The average molecular weight is 341 g/mol. The Bertz CT molecular complexity index is 742. The summed E-state index contributed by atoms with van der Waals surface area (Å²) in [6.45, 7) is 3.95. The zero-order valence-electron chi connectivity index (χ0n) is 14.4. The second-order valence-electron chi connectivity index (χ2n) is 6.48. The molecule has 1 fully saturated rings. The van der Waals surface area contributed by atoms with Crippen molar-refractivity contribution < 1.29 is 9.50 Å². The Morgan fingerprint density at radius 3 is 2.56 bits per heavy atom. The average Bonchev–Trinajstić information content (AvgIpc) is 3.42. The monoisotopic (exact) mass is 341 g/mol. The number of aliphatic imine (C=N–C) groups is 1. The lowest BCUT2D eigenvalue weighted by Gasteiger charge is -2.19. The molecule has 0 atom stereocenters. The molecule has 5 heteroatoms. The zero-order chi connectivity index (χ0) is 17.7. The minimum atomic E-state index is -0.619. The van der Waals surface area contributed by atoms with E-state index in [2.05, 4.69) is 39.9 Å². The Balaban J connectivity index is 1.64. The van der Waals surface area contributed by atoms with Crippen LogP contribution in [-0.2, 0) is 12.0 Å². The highest BCUT2D eigenvalue weighted by molar-refractivity contribution is 5.80. The van der Waals surface area contributed by atoms with Crippen LogP contribution in [0.4, 0.5) is 4.39 Å². The van der Waals surface area contributed by atoms with E-state index in [-0.39, 0.29) is 11.2 Å². The molecule has 0 amide bonds. The van der Waals surface area contributed by atoms with Gasteiger partial charge in [0.2, 0.25) is 0 Å². The van der Waals surface area contributed by atoms with Gasteiger partial charge in [-0.15, -0.1) is 0 Å². The molecule has 3 N–H and O–H groups in total. The van der Waals surface area contributed by atoms with Crippen LogP contribution in [-0.4, -0.2) is 24.2 Å². The Morgan fingerprint density at radius 2 is 1.92 bits per heavy atom. The SMILES string of the molecule is CCNC(=NCc1ccc(O)c(F)c1)NCC1(c2ccccc2)CC1. The molecule has 0 spiro atoms. The van der Waals surface area contributed by atoms with Crippen LogP contribution >= 0.6 is 0 Å². The molecule has 3 rings (SSSR count). The number of hydrogen-bond acceptors (Lipinski definition) is 2. The molecule has 0 radical (unpaired) electrons. The lowest BCUT2D eigenvalue weighted by molar-refractivity contribution is 0.432. The molecular formula is C20H24FN3O. The summed E-state index contributed by atoms with van der Waals surface area (Å²) >= 11 is 0. The quantitative estimate of drug-likeness (QED) is 0.558. The van der Waals surface area contributed by atoms with Crippen LogP contribution in [0.2, 0.25) is 0 Å². The van der Waals surface area contributed by atoms with Gasteiger partial charge in [0.15, 0.2) is 17.5 Å². The second-order valence-corrected chi connectivity index (χ2v) is 6.48. The van der Waals surface area contributed by atoms with E-state index < -0.39 is 5.82 Å². The number of guanidine groups is 1. The minimum absolute atomic E-state index is 0.197. The fourth-order valence-electron chi connectivity index (χ4n) is 2.92.